The van der Waals surface area contributed by atoms with Crippen LogP contribution in [0.1, 0.15) is 32.3 Å². The summed E-state index contributed by atoms with van der Waals surface area (Å²) in [6, 6.07) is 3.89. The van der Waals surface area contributed by atoms with Gasteiger partial charge >= 0.3 is 5.97 Å². The molecule has 0 aliphatic carbocycles. The maximum atomic E-state index is 12.9. The minimum Gasteiger partial charge on any atom is -0.488 e. The Morgan fingerprint density at radius 1 is 1.36 bits per heavy atom. The van der Waals surface area contributed by atoms with Crippen LogP contribution in [0.4, 0.5) is 0 Å². The number of rotatable bonds is 1. The number of hydrogen-bond donors (Lipinski definition) is 2. The Morgan fingerprint density at radius 3 is 2.86 bits per heavy atom. The molecule has 152 valence electrons. The van der Waals surface area contributed by atoms with E-state index in [2.05, 4.69) is 24.1 Å². The second-order valence-corrected chi connectivity index (χ2v) is 8.70. The molecule has 0 radical (unpaired) electrons. The molecule has 2 atom stereocenters. The van der Waals surface area contributed by atoms with E-state index in [1.165, 1.54) is 0 Å². The fraction of sp³-hybridized carbons (Fsp3) is 0.524. The predicted molar refractivity (Wildman–Crippen MR) is 108 cm³/mol. The average Bonchev–Trinajstić information content (AvgIpc) is 2.92. The highest BCUT2D eigenvalue weighted by molar-refractivity contribution is 6.32. The lowest BCUT2D eigenvalue weighted by Gasteiger charge is -2.25. The van der Waals surface area contributed by atoms with Crippen molar-refractivity contribution < 1.29 is 19.4 Å². The lowest BCUT2D eigenvalue weighted by Crippen LogP contribution is -2.50. The minimum atomic E-state index is -1.06. The molecule has 2 unspecified atom stereocenters. The average molecular weight is 407 g/mol. The lowest BCUT2D eigenvalue weighted by molar-refractivity contribution is -0.142. The van der Waals surface area contributed by atoms with Gasteiger partial charge in [-0.05, 0) is 36.0 Å². The largest absolute Gasteiger partial charge is 0.488 e. The van der Waals surface area contributed by atoms with Gasteiger partial charge in [0, 0.05) is 19.5 Å². The van der Waals surface area contributed by atoms with Crippen molar-refractivity contribution in [2.24, 2.45) is 5.41 Å². The monoisotopic (exact) mass is 406 g/mol. The summed E-state index contributed by atoms with van der Waals surface area (Å²) in [5.74, 6) is -0.725. The summed E-state index contributed by atoms with van der Waals surface area (Å²) < 4.78 is 5.68. The molecule has 1 saturated heterocycles. The van der Waals surface area contributed by atoms with Crippen molar-refractivity contribution in [1.82, 2.24) is 10.2 Å². The first-order valence-corrected chi connectivity index (χ1v) is 9.96. The molecule has 3 aliphatic heterocycles. The van der Waals surface area contributed by atoms with Gasteiger partial charge in [0.1, 0.15) is 18.4 Å². The molecule has 3 aliphatic rings. The van der Waals surface area contributed by atoms with Crippen molar-refractivity contribution in [1.29, 1.82) is 0 Å². The first kappa shape index (κ1) is 20.7. The van der Waals surface area contributed by atoms with Crippen molar-refractivity contribution in [2.45, 2.75) is 45.2 Å². The van der Waals surface area contributed by atoms with Gasteiger partial charge in [-0.1, -0.05) is 43.7 Å². The van der Waals surface area contributed by atoms with Crippen LogP contribution in [0.15, 0.2) is 30.4 Å². The second kappa shape index (κ2) is 8.53. The van der Waals surface area contributed by atoms with Gasteiger partial charge in [0.05, 0.1) is 11.1 Å². The van der Waals surface area contributed by atoms with E-state index in [9.17, 15) is 14.7 Å². The molecular weight excluding hydrogens is 380 g/mol. The van der Waals surface area contributed by atoms with E-state index in [0.29, 0.717) is 23.8 Å². The summed E-state index contributed by atoms with van der Waals surface area (Å²) in [5.41, 5.74) is 0.746. The predicted octanol–water partition coefficient (Wildman–Crippen LogP) is 2.89. The highest BCUT2D eigenvalue weighted by atomic mass is 35.5. The molecule has 28 heavy (non-hydrogen) atoms. The van der Waals surface area contributed by atoms with E-state index in [1.54, 1.807) is 18.2 Å². The Kier molecular flexibility index (Phi) is 6.30. The van der Waals surface area contributed by atoms with Crippen LogP contribution < -0.4 is 10.1 Å². The summed E-state index contributed by atoms with van der Waals surface area (Å²) in [7, 11) is 0. The van der Waals surface area contributed by atoms with Crippen molar-refractivity contribution in [3.8, 4) is 5.75 Å². The van der Waals surface area contributed by atoms with Crippen molar-refractivity contribution in [3.63, 3.8) is 0 Å². The van der Waals surface area contributed by atoms with Crippen LogP contribution in [0.5, 0.6) is 5.75 Å². The lowest BCUT2D eigenvalue weighted by atomic mass is 9.90. The van der Waals surface area contributed by atoms with Gasteiger partial charge in [0.2, 0.25) is 5.91 Å². The summed E-state index contributed by atoms with van der Waals surface area (Å²) >= 11 is 6.26. The molecule has 0 spiro atoms. The molecule has 0 aromatic heterocycles. The minimum absolute atomic E-state index is 0.0134. The maximum absolute atomic E-state index is 12.9. The van der Waals surface area contributed by atoms with Crippen LogP contribution in [0.3, 0.4) is 0 Å². The van der Waals surface area contributed by atoms with Gasteiger partial charge < -0.3 is 15.2 Å². The number of carboxylic acid groups (broad SMARTS) is 1. The topological polar surface area (TPSA) is 78.9 Å². The number of carbonyl (C=O) groups excluding carboxylic acids is 1. The third-order valence-corrected chi connectivity index (χ3v) is 5.55. The number of nitrogens with one attached hydrogen (secondary N) is 1. The van der Waals surface area contributed by atoms with E-state index >= 15 is 0 Å². The number of hydrogen-bond acceptors (Lipinski definition) is 4. The highest BCUT2D eigenvalue weighted by Crippen LogP contribution is 2.34. The molecule has 3 heterocycles. The van der Waals surface area contributed by atoms with E-state index in [4.69, 9.17) is 16.3 Å². The number of ether oxygens (including phenoxy) is 1. The van der Waals surface area contributed by atoms with Gasteiger partial charge in [0.25, 0.3) is 0 Å². The van der Waals surface area contributed by atoms with Crippen molar-refractivity contribution in [3.05, 3.63) is 40.9 Å². The van der Waals surface area contributed by atoms with Crippen molar-refractivity contribution in [2.75, 3.05) is 19.7 Å². The first-order chi connectivity index (χ1) is 13.2. The molecule has 2 bridgehead atoms. The standard InChI is InChI=1S/C21H27ClN2O4/c1-21(2)12-17-19(25)23-16(20(26)27)11-14-6-7-18(15(22)10-14)28-9-5-3-4-8-24(17)13-21/h3,5-7,10,16-17H,4,8-9,11-13H2,1-2H3,(H,23,25)(H,26,27). The summed E-state index contributed by atoms with van der Waals surface area (Å²) in [4.78, 5) is 26.8. The van der Waals surface area contributed by atoms with Gasteiger partial charge in [-0.25, -0.2) is 4.79 Å². The first-order valence-electron chi connectivity index (χ1n) is 9.59. The molecule has 6 nitrogen and oxygen atoms in total. The number of aliphatic carboxylic acids is 1. The van der Waals surface area contributed by atoms with E-state index < -0.39 is 12.0 Å². The SMILES string of the molecule is CC1(C)CC2C(=O)NC(C(=O)O)Cc3ccc(c(Cl)c3)OCC=CCCN2C1. The zero-order valence-electron chi connectivity index (χ0n) is 16.3. The summed E-state index contributed by atoms with van der Waals surface area (Å²) in [6.45, 7) is 6.23. The number of carbonyl (C=O) groups is 2. The number of carboxylic acids is 1. The molecule has 2 N–H and O–H groups in total. The Labute approximate surface area is 170 Å². The van der Waals surface area contributed by atoms with E-state index in [1.807, 2.05) is 12.2 Å². The second-order valence-electron chi connectivity index (χ2n) is 8.29. The Hall–Kier alpha value is -2.05. The quantitative estimate of drug-likeness (QED) is 0.701. The fourth-order valence-electron chi connectivity index (χ4n) is 3.93. The number of nitrogens with zero attached hydrogens (tertiary/aromatic N) is 1. The van der Waals surface area contributed by atoms with Crippen LogP contribution in [0, 0.1) is 5.41 Å². The van der Waals surface area contributed by atoms with Crippen LogP contribution in [0.2, 0.25) is 5.02 Å². The maximum Gasteiger partial charge on any atom is 0.326 e. The number of fused-ring (bicyclic) bond motifs is 9. The van der Waals surface area contributed by atoms with E-state index in [-0.39, 0.29) is 23.8 Å². The summed E-state index contributed by atoms with van der Waals surface area (Å²) in [5, 5.41) is 12.8. The Balaban J connectivity index is 1.87. The number of amides is 1. The molecule has 4 rings (SSSR count). The zero-order valence-corrected chi connectivity index (χ0v) is 17.0. The molecule has 1 aromatic rings. The van der Waals surface area contributed by atoms with Gasteiger partial charge in [0.15, 0.2) is 0 Å². The molecule has 7 heteroatoms. The fourth-order valence-corrected chi connectivity index (χ4v) is 4.18. The number of benzene rings is 1. The molecular formula is C21H27ClN2O4. The molecule has 1 fully saturated rings. The molecule has 1 aromatic carbocycles. The van der Waals surface area contributed by atoms with Crippen LogP contribution in [-0.4, -0.2) is 53.7 Å². The van der Waals surface area contributed by atoms with Crippen LogP contribution in [-0.2, 0) is 16.0 Å². The molecule has 1 amide bonds. The number of halogens is 1. The van der Waals surface area contributed by atoms with Gasteiger partial charge in [-0.3, -0.25) is 9.69 Å². The summed E-state index contributed by atoms with van der Waals surface area (Å²) in [6.07, 6.45) is 5.65. The van der Waals surface area contributed by atoms with Gasteiger partial charge in [-0.15, -0.1) is 0 Å². The molecule has 0 saturated carbocycles. The Morgan fingerprint density at radius 2 is 2.14 bits per heavy atom. The zero-order chi connectivity index (χ0) is 20.3. The van der Waals surface area contributed by atoms with Gasteiger partial charge in [-0.2, -0.15) is 0 Å². The van der Waals surface area contributed by atoms with Crippen LogP contribution in [0.25, 0.3) is 0 Å². The van der Waals surface area contributed by atoms with Crippen LogP contribution >= 0.6 is 11.6 Å². The third kappa shape index (κ3) is 5.06. The third-order valence-electron chi connectivity index (χ3n) is 5.26. The highest BCUT2D eigenvalue weighted by Gasteiger charge is 2.41. The smallest absolute Gasteiger partial charge is 0.326 e. The van der Waals surface area contributed by atoms with E-state index in [0.717, 1.165) is 25.1 Å². The Bertz CT molecular complexity index is 778. The van der Waals surface area contributed by atoms with Crippen molar-refractivity contribution >= 4 is 23.5 Å². The normalized spacial score (nSPS) is 25.8.